The van der Waals surface area contributed by atoms with Crippen LogP contribution in [0.2, 0.25) is 0 Å². The number of hydrogen-bond donors (Lipinski definition) is 1. The highest BCUT2D eigenvalue weighted by molar-refractivity contribution is 9.10. The fourth-order valence-corrected chi connectivity index (χ4v) is 2.41. The summed E-state index contributed by atoms with van der Waals surface area (Å²) in [7, 11) is 1.68. The average Bonchev–Trinajstić information content (AvgIpc) is 2.85. The van der Waals surface area contributed by atoms with E-state index in [2.05, 4.69) is 28.2 Å². The molecule has 2 unspecified atom stereocenters. The van der Waals surface area contributed by atoms with Gasteiger partial charge in [0.15, 0.2) is 0 Å². The first-order valence-corrected chi connectivity index (χ1v) is 6.68. The van der Waals surface area contributed by atoms with Gasteiger partial charge in [-0.2, -0.15) is 0 Å². The third kappa shape index (κ3) is 3.13. The summed E-state index contributed by atoms with van der Waals surface area (Å²) in [4.78, 5) is 0. The maximum absolute atomic E-state index is 5.41. The number of benzene rings is 1. The predicted molar refractivity (Wildman–Crippen MR) is 72.7 cm³/mol. The SMILES string of the molecule is COc1ccc(Br)c(NC(C)C2CCOC2)c1. The second-order valence-electron chi connectivity index (χ2n) is 4.40. The molecule has 4 heteroatoms. The van der Waals surface area contributed by atoms with Crippen molar-refractivity contribution < 1.29 is 9.47 Å². The van der Waals surface area contributed by atoms with Crippen LogP contribution in [0.5, 0.6) is 5.75 Å². The van der Waals surface area contributed by atoms with Crippen LogP contribution in [0, 0.1) is 5.92 Å². The molecule has 1 N–H and O–H groups in total. The van der Waals surface area contributed by atoms with Crippen LogP contribution in [-0.2, 0) is 4.74 Å². The zero-order valence-corrected chi connectivity index (χ0v) is 11.8. The summed E-state index contributed by atoms with van der Waals surface area (Å²) in [6, 6.07) is 6.36. The van der Waals surface area contributed by atoms with Gasteiger partial charge in [0.05, 0.1) is 19.4 Å². The lowest BCUT2D eigenvalue weighted by Gasteiger charge is -2.21. The van der Waals surface area contributed by atoms with Gasteiger partial charge in [-0.25, -0.2) is 0 Å². The molecule has 0 aromatic heterocycles. The standard InChI is InChI=1S/C13H18BrNO2/c1-9(10-5-6-17-8-10)15-13-7-11(16-2)3-4-12(13)14/h3-4,7,9-10,15H,5-6,8H2,1-2H3. The van der Waals surface area contributed by atoms with Gasteiger partial charge in [0.25, 0.3) is 0 Å². The topological polar surface area (TPSA) is 30.5 Å². The average molecular weight is 300 g/mol. The van der Waals surface area contributed by atoms with Crippen LogP contribution in [0.1, 0.15) is 13.3 Å². The molecule has 1 aromatic rings. The smallest absolute Gasteiger partial charge is 0.121 e. The minimum absolute atomic E-state index is 0.404. The zero-order chi connectivity index (χ0) is 12.3. The van der Waals surface area contributed by atoms with Crippen molar-refractivity contribution in [1.29, 1.82) is 0 Å². The lowest BCUT2D eigenvalue weighted by atomic mass is 10.0. The number of rotatable bonds is 4. The van der Waals surface area contributed by atoms with Gasteiger partial charge in [0, 0.05) is 29.1 Å². The van der Waals surface area contributed by atoms with Gasteiger partial charge in [0.1, 0.15) is 5.75 Å². The lowest BCUT2D eigenvalue weighted by Crippen LogP contribution is -2.26. The molecular formula is C13H18BrNO2. The summed E-state index contributed by atoms with van der Waals surface area (Å²) in [6.07, 6.45) is 1.13. The van der Waals surface area contributed by atoms with Crippen molar-refractivity contribution in [3.63, 3.8) is 0 Å². The number of halogens is 1. The molecule has 1 saturated heterocycles. The van der Waals surface area contributed by atoms with Crippen molar-refractivity contribution in [2.45, 2.75) is 19.4 Å². The Balaban J connectivity index is 2.06. The molecule has 0 amide bonds. The third-order valence-electron chi connectivity index (χ3n) is 3.23. The van der Waals surface area contributed by atoms with Gasteiger partial charge in [-0.1, -0.05) is 0 Å². The van der Waals surface area contributed by atoms with Crippen LogP contribution in [0.15, 0.2) is 22.7 Å². The molecule has 1 fully saturated rings. The first kappa shape index (κ1) is 12.7. The molecule has 0 bridgehead atoms. The third-order valence-corrected chi connectivity index (χ3v) is 3.92. The van der Waals surface area contributed by atoms with Gasteiger partial charge >= 0.3 is 0 Å². The maximum atomic E-state index is 5.41. The van der Waals surface area contributed by atoms with E-state index in [1.165, 1.54) is 0 Å². The molecule has 1 heterocycles. The van der Waals surface area contributed by atoms with E-state index in [0.717, 1.165) is 35.5 Å². The summed E-state index contributed by atoms with van der Waals surface area (Å²) in [5, 5.41) is 3.52. The van der Waals surface area contributed by atoms with Crippen molar-refractivity contribution >= 4 is 21.6 Å². The minimum Gasteiger partial charge on any atom is -0.497 e. The molecular weight excluding hydrogens is 282 g/mol. The van der Waals surface area contributed by atoms with Gasteiger partial charge < -0.3 is 14.8 Å². The molecule has 1 aliphatic heterocycles. The number of nitrogens with one attached hydrogen (secondary N) is 1. The highest BCUT2D eigenvalue weighted by Crippen LogP contribution is 2.29. The summed E-state index contributed by atoms with van der Waals surface area (Å²) in [5.74, 6) is 1.46. The summed E-state index contributed by atoms with van der Waals surface area (Å²) < 4.78 is 11.7. The van der Waals surface area contributed by atoms with Crippen LogP contribution in [0.3, 0.4) is 0 Å². The van der Waals surface area contributed by atoms with Crippen LogP contribution < -0.4 is 10.1 Å². The van der Waals surface area contributed by atoms with E-state index in [-0.39, 0.29) is 0 Å². The van der Waals surface area contributed by atoms with E-state index in [9.17, 15) is 0 Å². The predicted octanol–water partition coefficient (Wildman–Crippen LogP) is 3.29. The maximum Gasteiger partial charge on any atom is 0.121 e. The van der Waals surface area contributed by atoms with Gasteiger partial charge in [0.2, 0.25) is 0 Å². The number of anilines is 1. The van der Waals surface area contributed by atoms with E-state index < -0.39 is 0 Å². The van der Waals surface area contributed by atoms with Crippen molar-refractivity contribution in [3.8, 4) is 5.75 Å². The molecule has 2 rings (SSSR count). The normalized spacial score (nSPS) is 21.2. The van der Waals surface area contributed by atoms with Crippen molar-refractivity contribution in [3.05, 3.63) is 22.7 Å². The summed E-state index contributed by atoms with van der Waals surface area (Å²) in [5.41, 5.74) is 1.07. The van der Waals surface area contributed by atoms with Crippen LogP contribution in [-0.4, -0.2) is 26.4 Å². The van der Waals surface area contributed by atoms with Crippen LogP contribution >= 0.6 is 15.9 Å². The zero-order valence-electron chi connectivity index (χ0n) is 10.2. The summed E-state index contributed by atoms with van der Waals surface area (Å²) in [6.45, 7) is 3.94. The van der Waals surface area contributed by atoms with E-state index >= 15 is 0 Å². The van der Waals surface area contributed by atoms with Crippen molar-refractivity contribution in [2.24, 2.45) is 5.92 Å². The highest BCUT2D eigenvalue weighted by Gasteiger charge is 2.22. The van der Waals surface area contributed by atoms with Crippen LogP contribution in [0.4, 0.5) is 5.69 Å². The number of ether oxygens (including phenoxy) is 2. The monoisotopic (exact) mass is 299 g/mol. The Kier molecular flexibility index (Phi) is 4.29. The molecule has 0 spiro atoms. The first-order valence-electron chi connectivity index (χ1n) is 5.88. The molecule has 1 aliphatic rings. The largest absolute Gasteiger partial charge is 0.497 e. The Morgan fingerprint density at radius 2 is 2.35 bits per heavy atom. The molecule has 0 saturated carbocycles. The van der Waals surface area contributed by atoms with E-state index in [1.54, 1.807) is 7.11 Å². The quantitative estimate of drug-likeness (QED) is 0.925. The molecule has 2 atom stereocenters. The highest BCUT2D eigenvalue weighted by atomic mass is 79.9. The molecule has 0 radical (unpaired) electrons. The minimum atomic E-state index is 0.404. The molecule has 3 nitrogen and oxygen atoms in total. The van der Waals surface area contributed by atoms with E-state index in [4.69, 9.17) is 9.47 Å². The second kappa shape index (κ2) is 5.74. The van der Waals surface area contributed by atoms with E-state index in [0.29, 0.717) is 12.0 Å². The molecule has 1 aromatic carbocycles. The van der Waals surface area contributed by atoms with E-state index in [1.807, 2.05) is 18.2 Å². The van der Waals surface area contributed by atoms with Crippen molar-refractivity contribution in [1.82, 2.24) is 0 Å². The Morgan fingerprint density at radius 1 is 1.53 bits per heavy atom. The van der Waals surface area contributed by atoms with Gasteiger partial charge in [-0.05, 0) is 41.4 Å². The fraction of sp³-hybridized carbons (Fsp3) is 0.538. The lowest BCUT2D eigenvalue weighted by molar-refractivity contribution is 0.183. The Hall–Kier alpha value is -0.740. The van der Waals surface area contributed by atoms with Crippen molar-refractivity contribution in [2.75, 3.05) is 25.6 Å². The Labute approximate surface area is 111 Å². The molecule has 0 aliphatic carbocycles. The molecule has 17 heavy (non-hydrogen) atoms. The summed E-state index contributed by atoms with van der Waals surface area (Å²) >= 11 is 3.55. The molecule has 94 valence electrons. The number of hydrogen-bond acceptors (Lipinski definition) is 3. The first-order chi connectivity index (χ1) is 8.20. The fourth-order valence-electron chi connectivity index (χ4n) is 2.05. The number of methoxy groups -OCH3 is 1. The second-order valence-corrected chi connectivity index (χ2v) is 5.26. The van der Waals surface area contributed by atoms with Gasteiger partial charge in [-0.3, -0.25) is 0 Å². The van der Waals surface area contributed by atoms with Crippen LogP contribution in [0.25, 0.3) is 0 Å². The van der Waals surface area contributed by atoms with Gasteiger partial charge in [-0.15, -0.1) is 0 Å². The Bertz CT molecular complexity index is 378. The Morgan fingerprint density at radius 3 is 3.00 bits per heavy atom.